The summed E-state index contributed by atoms with van der Waals surface area (Å²) in [5, 5.41) is 34.8. The lowest BCUT2D eigenvalue weighted by Gasteiger charge is -2.30. The molecule has 1 saturated heterocycles. The number of nitrogens with zero attached hydrogens (tertiary/aromatic N) is 4. The third kappa shape index (κ3) is 18.9. The van der Waals surface area contributed by atoms with Crippen molar-refractivity contribution < 1.29 is 90.4 Å². The van der Waals surface area contributed by atoms with Crippen molar-refractivity contribution in [3.05, 3.63) is 37.0 Å². The van der Waals surface area contributed by atoms with Gasteiger partial charge in [-0.3, -0.25) is 37.3 Å². The summed E-state index contributed by atoms with van der Waals surface area (Å²) in [6.45, 7) is 0.371. The van der Waals surface area contributed by atoms with E-state index in [-0.39, 0.29) is 53.8 Å². The van der Waals surface area contributed by atoms with E-state index >= 15 is 0 Å². The minimum Gasteiger partial charge on any atom is -0.481 e. The lowest BCUT2D eigenvalue weighted by molar-refractivity contribution is -0.137. The molecule has 0 aliphatic carbocycles. The van der Waals surface area contributed by atoms with Crippen LogP contribution in [0.15, 0.2) is 37.0 Å². The van der Waals surface area contributed by atoms with Crippen molar-refractivity contribution in [2.24, 2.45) is 5.41 Å². The Kier molecular flexibility index (Phi) is 21.1. The number of fused-ring (bicyclic) bond motifs is 1. The zero-order valence-electron chi connectivity index (χ0n) is 34.0. The molecular formula is C33H52N7O19P3S. The molecule has 63 heavy (non-hydrogen) atoms. The van der Waals surface area contributed by atoms with E-state index in [4.69, 9.17) is 24.6 Å². The third-order valence-corrected chi connectivity index (χ3v) is 12.6. The highest BCUT2D eigenvalue weighted by molar-refractivity contribution is 8.14. The second kappa shape index (κ2) is 24.7. The number of carboxylic acids is 1. The number of phosphoric acid groups is 3. The van der Waals surface area contributed by atoms with Gasteiger partial charge in [0.25, 0.3) is 0 Å². The number of rotatable bonds is 28. The molecule has 2 aromatic heterocycles. The molecule has 7 atom stereocenters. The predicted octanol–water partition coefficient (Wildman–Crippen LogP) is 1.20. The van der Waals surface area contributed by atoms with E-state index in [1.165, 1.54) is 19.9 Å². The number of unbranched alkanes of at least 4 members (excludes halogenated alkanes) is 3. The van der Waals surface area contributed by atoms with Gasteiger partial charge in [-0.1, -0.05) is 43.8 Å². The molecule has 0 aromatic carbocycles. The van der Waals surface area contributed by atoms with E-state index in [1.807, 2.05) is 12.2 Å². The molecule has 7 unspecified atom stereocenters. The van der Waals surface area contributed by atoms with Gasteiger partial charge in [-0.2, -0.15) is 4.31 Å². The molecule has 354 valence electrons. The highest BCUT2D eigenvalue weighted by atomic mass is 32.2. The number of hydrogen-bond donors (Lipinski definition) is 10. The Bertz CT molecular complexity index is 2090. The first-order valence-corrected chi connectivity index (χ1v) is 24.5. The van der Waals surface area contributed by atoms with Crippen molar-refractivity contribution in [2.45, 2.75) is 89.4 Å². The summed E-state index contributed by atoms with van der Waals surface area (Å²) in [4.78, 5) is 98.3. The van der Waals surface area contributed by atoms with Crippen molar-refractivity contribution in [3.63, 3.8) is 0 Å². The van der Waals surface area contributed by atoms with Crippen molar-refractivity contribution >= 4 is 75.1 Å². The number of aromatic nitrogens is 4. The van der Waals surface area contributed by atoms with Gasteiger partial charge >= 0.3 is 29.4 Å². The number of carbonyl (C=O) groups excluding carboxylic acids is 3. The number of thioether (sulfide) groups is 1. The SMILES string of the molecule is CC(C)(COP(=O)(O)OP(=O)(O)OCC1OC(n2cnc3c(N)ncnc32)C(O)C1OP(=O)(O)O)C(O)C(=O)NCCC(=O)NCCSC(=O)/C=C/CC/C=C/CCCCC(=O)O. The number of aliphatic hydroxyl groups is 2. The lowest BCUT2D eigenvalue weighted by atomic mass is 9.87. The number of carbonyl (C=O) groups is 4. The van der Waals surface area contributed by atoms with E-state index in [1.54, 1.807) is 6.08 Å². The van der Waals surface area contributed by atoms with Crippen LogP contribution in [0.1, 0.15) is 65.0 Å². The highest BCUT2D eigenvalue weighted by Gasteiger charge is 2.50. The Morgan fingerprint density at radius 1 is 0.968 bits per heavy atom. The van der Waals surface area contributed by atoms with Crippen molar-refractivity contribution in [2.75, 3.05) is 37.8 Å². The maximum absolute atomic E-state index is 12.7. The number of phosphoric ester groups is 3. The first kappa shape index (κ1) is 53.8. The molecule has 1 fully saturated rings. The van der Waals surface area contributed by atoms with Crippen LogP contribution in [0.3, 0.4) is 0 Å². The fourth-order valence-corrected chi connectivity index (χ4v) is 8.90. The number of amides is 2. The summed E-state index contributed by atoms with van der Waals surface area (Å²) in [5.41, 5.74) is 4.23. The molecule has 30 heteroatoms. The molecule has 0 bridgehead atoms. The van der Waals surface area contributed by atoms with E-state index in [2.05, 4.69) is 34.4 Å². The quantitative estimate of drug-likeness (QED) is 0.0248. The molecule has 0 radical (unpaired) electrons. The zero-order valence-corrected chi connectivity index (χ0v) is 37.5. The molecule has 1 aliphatic rings. The van der Waals surface area contributed by atoms with Crippen LogP contribution in [0.4, 0.5) is 5.82 Å². The van der Waals surface area contributed by atoms with Crippen LogP contribution in [0.2, 0.25) is 0 Å². The van der Waals surface area contributed by atoms with E-state index in [0.717, 1.165) is 48.2 Å². The summed E-state index contributed by atoms with van der Waals surface area (Å²) >= 11 is 0.997. The van der Waals surface area contributed by atoms with Gasteiger partial charge in [0, 0.05) is 37.1 Å². The van der Waals surface area contributed by atoms with Gasteiger partial charge < -0.3 is 56.0 Å². The molecule has 11 N–H and O–H groups in total. The summed E-state index contributed by atoms with van der Waals surface area (Å²) < 4.78 is 62.2. The lowest BCUT2D eigenvalue weighted by Crippen LogP contribution is -2.46. The minimum absolute atomic E-state index is 0.0233. The van der Waals surface area contributed by atoms with Crippen LogP contribution < -0.4 is 16.4 Å². The second-order valence-corrected chi connectivity index (χ2v) is 19.7. The van der Waals surface area contributed by atoms with E-state index in [0.29, 0.717) is 12.8 Å². The molecule has 2 amide bonds. The summed E-state index contributed by atoms with van der Waals surface area (Å²) in [6, 6.07) is 0. The van der Waals surface area contributed by atoms with Crippen LogP contribution in [0.5, 0.6) is 0 Å². The maximum Gasteiger partial charge on any atom is 0.481 e. The summed E-state index contributed by atoms with van der Waals surface area (Å²) in [7, 11) is -16.4. The standard InChI is InChI=1S/C33H52N7O19P3S/c1-33(2,28(46)31(47)36-14-13-22(41)35-15-16-63-24(44)12-10-8-6-4-3-5-7-9-11-23(42)43)18-56-62(53,54)59-61(51,52)55-17-21-27(58-60(48,49)50)26(45)32(57-21)40-20-39-25-29(34)37-19-38-30(25)40/h3-4,10,12,19-21,26-28,32,45-46H,5-9,11,13-18H2,1-2H3,(H,35,41)(H,36,47)(H,42,43)(H,51,52)(H,53,54)(H2,34,37,38)(H2,48,49,50)/b4-3+,12-10+. The molecule has 0 saturated carbocycles. The van der Waals surface area contributed by atoms with Gasteiger partial charge in [0.15, 0.2) is 17.7 Å². The number of allylic oxidation sites excluding steroid dienone is 3. The normalized spacial score (nSPS) is 20.8. The third-order valence-electron chi connectivity index (χ3n) is 8.68. The highest BCUT2D eigenvalue weighted by Crippen LogP contribution is 2.61. The van der Waals surface area contributed by atoms with Crippen molar-refractivity contribution in [1.29, 1.82) is 0 Å². The minimum atomic E-state index is -5.59. The average molecular weight is 976 g/mol. The average Bonchev–Trinajstić information content (AvgIpc) is 3.75. The number of hydrogen-bond acceptors (Lipinski definition) is 19. The van der Waals surface area contributed by atoms with Gasteiger partial charge in [0.2, 0.25) is 16.9 Å². The van der Waals surface area contributed by atoms with Crippen molar-refractivity contribution in [3.8, 4) is 0 Å². The molecule has 3 heterocycles. The predicted molar refractivity (Wildman–Crippen MR) is 221 cm³/mol. The smallest absolute Gasteiger partial charge is 0.481 e. The first-order valence-electron chi connectivity index (χ1n) is 19.0. The fraction of sp³-hybridized carbons (Fsp3) is 0.606. The van der Waals surface area contributed by atoms with Crippen LogP contribution in [-0.4, -0.2) is 134 Å². The number of ether oxygens (including phenoxy) is 1. The number of aliphatic hydroxyl groups excluding tert-OH is 2. The Hall–Kier alpha value is -3.49. The van der Waals surface area contributed by atoms with E-state index < -0.39 is 90.5 Å². The molecular weight excluding hydrogens is 923 g/mol. The van der Waals surface area contributed by atoms with Crippen LogP contribution in [0, 0.1) is 5.41 Å². The maximum atomic E-state index is 12.7. The number of nitrogens with two attached hydrogens (primary N) is 1. The molecule has 3 rings (SSSR count). The van der Waals surface area contributed by atoms with Gasteiger partial charge in [-0.05, 0) is 38.2 Å². The number of aliphatic carboxylic acids is 1. The molecule has 2 aromatic rings. The van der Waals surface area contributed by atoms with Crippen LogP contribution in [0.25, 0.3) is 11.2 Å². The second-order valence-electron chi connectivity index (χ2n) is 14.3. The number of carboxylic acid groups (broad SMARTS) is 1. The molecule has 26 nitrogen and oxygen atoms in total. The summed E-state index contributed by atoms with van der Waals surface area (Å²) in [6.07, 6.45) is 3.83. The molecule has 1 aliphatic heterocycles. The van der Waals surface area contributed by atoms with Crippen LogP contribution >= 0.6 is 35.2 Å². The Morgan fingerprint density at radius 3 is 2.35 bits per heavy atom. The monoisotopic (exact) mass is 975 g/mol. The van der Waals surface area contributed by atoms with Gasteiger partial charge in [0.1, 0.15) is 36.3 Å². The largest absolute Gasteiger partial charge is 0.481 e. The topological polar surface area (TPSA) is 401 Å². The number of imidazole rings is 1. The number of nitrogen functional groups attached to an aromatic ring is 1. The summed E-state index contributed by atoms with van der Waals surface area (Å²) in [5.74, 6) is -2.04. The Balaban J connectivity index is 1.38. The van der Waals surface area contributed by atoms with Gasteiger partial charge in [-0.15, -0.1) is 0 Å². The number of nitrogens with one attached hydrogen (secondary N) is 2. The zero-order chi connectivity index (χ0) is 47.0. The fourth-order valence-electron chi connectivity index (χ4n) is 5.48. The number of anilines is 1. The molecule has 0 spiro atoms. The van der Waals surface area contributed by atoms with E-state index in [9.17, 15) is 62.7 Å². The van der Waals surface area contributed by atoms with Gasteiger partial charge in [-0.25, -0.2) is 28.6 Å². The van der Waals surface area contributed by atoms with Crippen molar-refractivity contribution in [1.82, 2.24) is 30.2 Å². The Morgan fingerprint density at radius 2 is 1.65 bits per heavy atom. The Labute approximate surface area is 364 Å². The van der Waals surface area contributed by atoms with Crippen LogP contribution in [-0.2, 0) is 55.5 Å². The van der Waals surface area contributed by atoms with Gasteiger partial charge in [0.05, 0.1) is 19.5 Å². The first-order chi connectivity index (χ1) is 29.4.